The normalized spacial score (nSPS) is 13.8. The van der Waals surface area contributed by atoms with Gasteiger partial charge in [-0.3, -0.25) is 0 Å². The van der Waals surface area contributed by atoms with Gasteiger partial charge in [0, 0.05) is 38.2 Å². The van der Waals surface area contributed by atoms with Gasteiger partial charge in [-0.1, -0.05) is 133 Å². The lowest BCUT2D eigenvalue weighted by atomic mass is 9.99. The molecule has 0 aliphatic heterocycles. The Balaban J connectivity index is 1.32. The fourth-order valence-corrected chi connectivity index (χ4v) is 7.22. The fourth-order valence-electron chi connectivity index (χ4n) is 7.22. The Hall–Kier alpha value is -6.38. The number of hydrogen-bond donors (Lipinski definition) is 0. The van der Waals surface area contributed by atoms with Crippen LogP contribution >= 0.6 is 0 Å². The molecule has 0 amide bonds. The molecule has 0 unspecified atom stereocenters. The maximum absolute atomic E-state index is 9.81. The molecule has 0 bridgehead atoms. The van der Waals surface area contributed by atoms with Gasteiger partial charge in [-0.15, -0.1) is 0 Å². The van der Waals surface area contributed by atoms with Gasteiger partial charge < -0.3 is 9.13 Å². The van der Waals surface area contributed by atoms with Crippen LogP contribution in [0.25, 0.3) is 88.0 Å². The summed E-state index contributed by atoms with van der Waals surface area (Å²) >= 11 is 0. The Morgan fingerprint density at radius 3 is 2.04 bits per heavy atom. The first-order valence-electron chi connectivity index (χ1n) is 19.5. The number of hydrogen-bond acceptors (Lipinski definition) is 0. The molecule has 10 rings (SSSR count). The fraction of sp³-hybridized carbons (Fsp3) is 0. The average molecular weight is 618 g/mol. The summed E-state index contributed by atoms with van der Waals surface area (Å²) in [5.74, 6) is 0. The van der Waals surface area contributed by atoms with Gasteiger partial charge in [0.1, 0.15) is 0 Å². The number of aromatic nitrogens is 2. The van der Waals surface area contributed by atoms with Crippen LogP contribution in [-0.4, -0.2) is 9.13 Å². The van der Waals surface area contributed by atoms with Crippen molar-refractivity contribution in [2.75, 3.05) is 0 Å². The molecular weight excluding hydrogens is 581 g/mol. The van der Waals surface area contributed by atoms with Crippen molar-refractivity contribution in [1.82, 2.24) is 9.13 Å². The second-order valence-corrected chi connectivity index (χ2v) is 12.0. The molecule has 48 heavy (non-hydrogen) atoms. The smallest absolute Gasteiger partial charge is 0.0645 e. The number of para-hydroxylation sites is 3. The highest BCUT2D eigenvalue weighted by molar-refractivity contribution is 6.15. The molecule has 2 heteroatoms. The minimum Gasteiger partial charge on any atom is -0.309 e. The van der Waals surface area contributed by atoms with Crippen LogP contribution in [0.5, 0.6) is 0 Å². The van der Waals surface area contributed by atoms with E-state index in [9.17, 15) is 4.11 Å². The second kappa shape index (κ2) is 10.6. The minimum absolute atomic E-state index is 0.0684. The maximum atomic E-state index is 9.81. The number of nitrogens with zero attached hydrogens (tertiary/aromatic N) is 2. The average Bonchev–Trinajstić information content (AvgIpc) is 3.76. The van der Waals surface area contributed by atoms with Crippen LogP contribution in [0.15, 0.2) is 182 Å². The Labute approximate surface area is 288 Å². The molecule has 0 radical (unpaired) electrons. The maximum Gasteiger partial charge on any atom is 0.0645 e. The Kier molecular flexibility index (Phi) is 4.56. The highest BCUT2D eigenvalue weighted by atomic mass is 15.0. The summed E-state index contributed by atoms with van der Waals surface area (Å²) in [5.41, 5.74) is 6.87. The zero-order valence-corrected chi connectivity index (χ0v) is 25.7. The SMILES string of the molecule is [2H]c1c([2H])c([2H])c2c(c1[2H])c1c([2H])c(-c3ccc4c(c3)c3cccc(-c5ccccc5)c3n4-c3ccccc3)c([2H])c([2H])c1n2-c1cccc2ccccc12. The lowest BCUT2D eigenvalue weighted by Gasteiger charge is -2.12. The van der Waals surface area contributed by atoms with Crippen molar-refractivity contribution < 1.29 is 9.60 Å². The Morgan fingerprint density at radius 1 is 0.417 bits per heavy atom. The molecule has 10 aromatic rings. The first-order valence-corrected chi connectivity index (χ1v) is 16.0. The van der Waals surface area contributed by atoms with Gasteiger partial charge in [0.2, 0.25) is 0 Å². The number of rotatable bonds is 4. The summed E-state index contributed by atoms with van der Waals surface area (Å²) in [7, 11) is 0. The van der Waals surface area contributed by atoms with E-state index in [1.807, 2.05) is 103 Å². The summed E-state index contributed by atoms with van der Waals surface area (Å²) in [6, 6.07) is 44.2. The van der Waals surface area contributed by atoms with Gasteiger partial charge in [-0.2, -0.15) is 0 Å². The monoisotopic (exact) mass is 617 g/mol. The lowest BCUT2D eigenvalue weighted by Crippen LogP contribution is -1.95. The van der Waals surface area contributed by atoms with Crippen molar-refractivity contribution in [2.24, 2.45) is 0 Å². The van der Waals surface area contributed by atoms with E-state index in [0.717, 1.165) is 49.4 Å². The molecule has 0 fully saturated rings. The standard InChI is InChI=1S/C46H30N2/c1-3-13-32(14-4-1)37-21-12-22-39-41-30-34(25-27-44(41)47(46(37)39)35-17-5-2-6-18-35)33-26-28-45-40(29-33)38-20-9-10-23-43(38)48(45)42-24-11-16-31-15-7-8-19-36(31)42/h1-30H/i9D,10D,20D,23D,26D,28D,29D. The zero-order chi connectivity index (χ0) is 37.7. The van der Waals surface area contributed by atoms with Crippen molar-refractivity contribution in [3.63, 3.8) is 0 Å². The molecular formula is C46H30N2. The van der Waals surface area contributed by atoms with Crippen molar-refractivity contribution in [3.8, 4) is 33.6 Å². The quantitative estimate of drug-likeness (QED) is 0.186. The molecule has 8 aromatic carbocycles. The largest absolute Gasteiger partial charge is 0.309 e. The third-order valence-corrected chi connectivity index (χ3v) is 9.34. The first kappa shape index (κ1) is 20.7. The molecule has 0 atom stereocenters. The molecule has 2 heterocycles. The topological polar surface area (TPSA) is 9.86 Å². The zero-order valence-electron chi connectivity index (χ0n) is 32.7. The molecule has 224 valence electrons. The summed E-state index contributed by atoms with van der Waals surface area (Å²) < 4.78 is 68.3. The summed E-state index contributed by atoms with van der Waals surface area (Å²) in [6.45, 7) is 0. The predicted octanol–water partition coefficient (Wildman–Crippen LogP) is 12.4. The van der Waals surface area contributed by atoms with Crippen molar-refractivity contribution in [3.05, 3.63) is 182 Å². The van der Waals surface area contributed by atoms with Crippen LogP contribution in [-0.2, 0) is 0 Å². The molecule has 2 nitrogen and oxygen atoms in total. The predicted molar refractivity (Wildman–Crippen MR) is 203 cm³/mol. The van der Waals surface area contributed by atoms with E-state index < -0.39 is 12.1 Å². The summed E-state index contributed by atoms with van der Waals surface area (Å²) in [5, 5.41) is 4.00. The lowest BCUT2D eigenvalue weighted by molar-refractivity contribution is 1.18. The Morgan fingerprint density at radius 2 is 1.15 bits per heavy atom. The van der Waals surface area contributed by atoms with Crippen LogP contribution in [0.3, 0.4) is 0 Å². The molecule has 0 N–H and O–H groups in total. The van der Waals surface area contributed by atoms with Crippen LogP contribution in [0.1, 0.15) is 9.60 Å². The van der Waals surface area contributed by atoms with E-state index in [-0.39, 0.29) is 57.6 Å². The molecule has 0 spiro atoms. The Bertz CT molecular complexity index is 3220. The summed E-state index contributed by atoms with van der Waals surface area (Å²) in [6.07, 6.45) is 0. The summed E-state index contributed by atoms with van der Waals surface area (Å²) in [4.78, 5) is 0. The third-order valence-electron chi connectivity index (χ3n) is 9.34. The van der Waals surface area contributed by atoms with Gasteiger partial charge in [-0.25, -0.2) is 0 Å². The van der Waals surface area contributed by atoms with Crippen molar-refractivity contribution >= 4 is 54.4 Å². The van der Waals surface area contributed by atoms with E-state index in [1.54, 1.807) is 4.57 Å². The van der Waals surface area contributed by atoms with E-state index in [4.69, 9.17) is 5.48 Å². The highest BCUT2D eigenvalue weighted by Crippen LogP contribution is 2.41. The minimum atomic E-state index is -0.415. The van der Waals surface area contributed by atoms with E-state index >= 15 is 0 Å². The number of benzene rings is 8. The molecule has 2 aromatic heterocycles. The molecule has 0 aliphatic rings. The highest BCUT2D eigenvalue weighted by Gasteiger charge is 2.18. The van der Waals surface area contributed by atoms with Gasteiger partial charge in [0.05, 0.1) is 37.3 Å². The van der Waals surface area contributed by atoms with Crippen LogP contribution in [0.4, 0.5) is 0 Å². The van der Waals surface area contributed by atoms with Gasteiger partial charge >= 0.3 is 0 Å². The van der Waals surface area contributed by atoms with Crippen LogP contribution < -0.4 is 0 Å². The third kappa shape index (κ3) is 4.00. The molecule has 0 saturated carbocycles. The van der Waals surface area contributed by atoms with E-state index in [0.29, 0.717) is 11.3 Å². The second-order valence-electron chi connectivity index (χ2n) is 12.0. The number of fused-ring (bicyclic) bond motifs is 7. The van der Waals surface area contributed by atoms with Crippen molar-refractivity contribution in [1.29, 1.82) is 0 Å². The van der Waals surface area contributed by atoms with Crippen LogP contribution in [0, 0.1) is 0 Å². The molecule has 0 saturated heterocycles. The van der Waals surface area contributed by atoms with E-state index in [2.05, 4.69) is 41.0 Å². The van der Waals surface area contributed by atoms with Crippen molar-refractivity contribution in [2.45, 2.75) is 0 Å². The van der Waals surface area contributed by atoms with Gasteiger partial charge in [0.25, 0.3) is 0 Å². The first-order chi connectivity index (χ1) is 26.8. The molecule has 0 aliphatic carbocycles. The van der Waals surface area contributed by atoms with Gasteiger partial charge in [0.15, 0.2) is 0 Å². The van der Waals surface area contributed by atoms with Crippen LogP contribution in [0.2, 0.25) is 0 Å². The van der Waals surface area contributed by atoms with Gasteiger partial charge in [-0.05, 0) is 70.5 Å². The van der Waals surface area contributed by atoms with E-state index in [1.165, 1.54) is 0 Å².